The van der Waals surface area contributed by atoms with Gasteiger partial charge in [0.2, 0.25) is 5.89 Å². The minimum atomic E-state index is 0.602. The van der Waals surface area contributed by atoms with Gasteiger partial charge in [0.05, 0.1) is 11.1 Å². The first-order valence-corrected chi connectivity index (χ1v) is 13.0. The van der Waals surface area contributed by atoms with Crippen LogP contribution in [-0.2, 0) is 0 Å². The molecule has 0 saturated carbocycles. The van der Waals surface area contributed by atoms with Gasteiger partial charge in [-0.1, -0.05) is 72.8 Å². The Morgan fingerprint density at radius 1 is 0.513 bits per heavy atom. The fraction of sp³-hybridized carbons (Fsp3) is 0. The van der Waals surface area contributed by atoms with Crippen LogP contribution < -0.4 is 4.90 Å². The van der Waals surface area contributed by atoms with Crippen molar-refractivity contribution in [3.8, 4) is 11.5 Å². The number of hydrogen-bond acceptors (Lipinski definition) is 4. The van der Waals surface area contributed by atoms with Crippen molar-refractivity contribution in [2.45, 2.75) is 0 Å². The lowest BCUT2D eigenvalue weighted by atomic mass is 10.1. The van der Waals surface area contributed by atoms with Gasteiger partial charge in [0.1, 0.15) is 16.7 Å². The molecule has 0 atom stereocenters. The van der Waals surface area contributed by atoms with Gasteiger partial charge < -0.3 is 13.7 Å². The highest BCUT2D eigenvalue weighted by molar-refractivity contribution is 6.15. The molecule has 2 aromatic heterocycles. The lowest BCUT2D eigenvalue weighted by Crippen LogP contribution is -2.10. The zero-order chi connectivity index (χ0) is 25.8. The van der Waals surface area contributed by atoms with Crippen LogP contribution >= 0.6 is 0 Å². The van der Waals surface area contributed by atoms with Gasteiger partial charge in [-0.3, -0.25) is 0 Å². The van der Waals surface area contributed by atoms with E-state index < -0.39 is 0 Å². The first kappa shape index (κ1) is 21.7. The molecular weight excluding hydrogens is 480 g/mol. The molecule has 0 spiro atoms. The van der Waals surface area contributed by atoms with Crippen LogP contribution in [0.3, 0.4) is 0 Å². The van der Waals surface area contributed by atoms with E-state index in [1.54, 1.807) is 0 Å². The molecule has 4 nitrogen and oxygen atoms in total. The second kappa shape index (κ2) is 8.61. The number of anilines is 3. The summed E-state index contributed by atoms with van der Waals surface area (Å²) in [5.41, 5.74) is 7.24. The standard InChI is InChI=1S/C35H22N2O2/c1-3-11-24(12-4-1)35-36-29-22-32-28(21-33(29)39-35)34-30(16-9-17-31(34)38-32)37(26-14-5-2-6-15-26)27-19-18-23-10-7-8-13-25(23)20-27/h1-22H. The van der Waals surface area contributed by atoms with E-state index in [-0.39, 0.29) is 0 Å². The molecule has 0 aliphatic heterocycles. The van der Waals surface area contributed by atoms with Gasteiger partial charge in [-0.05, 0) is 65.4 Å². The Hall–Kier alpha value is -5.35. The van der Waals surface area contributed by atoms with E-state index in [2.05, 4.69) is 83.8 Å². The molecule has 0 bridgehead atoms. The Labute approximate surface area is 224 Å². The van der Waals surface area contributed by atoms with Crippen LogP contribution in [0.1, 0.15) is 0 Å². The molecule has 2 heterocycles. The zero-order valence-electron chi connectivity index (χ0n) is 20.9. The fourth-order valence-electron chi connectivity index (χ4n) is 5.44. The van der Waals surface area contributed by atoms with Crippen molar-refractivity contribution in [1.29, 1.82) is 0 Å². The van der Waals surface area contributed by atoms with Crippen molar-refractivity contribution in [1.82, 2.24) is 4.98 Å². The topological polar surface area (TPSA) is 42.4 Å². The molecule has 6 aromatic carbocycles. The lowest BCUT2D eigenvalue weighted by Gasteiger charge is -2.26. The Balaban J connectivity index is 1.38. The molecule has 0 aliphatic rings. The maximum Gasteiger partial charge on any atom is 0.227 e. The van der Waals surface area contributed by atoms with E-state index in [4.69, 9.17) is 13.8 Å². The SMILES string of the molecule is c1ccc(-c2nc3cc4oc5cccc(N(c6ccccc6)c6ccc7ccccc7c6)c5c4cc3o2)cc1. The van der Waals surface area contributed by atoms with Crippen molar-refractivity contribution in [3.05, 3.63) is 133 Å². The summed E-state index contributed by atoms with van der Waals surface area (Å²) < 4.78 is 12.6. The molecule has 39 heavy (non-hydrogen) atoms. The van der Waals surface area contributed by atoms with Crippen LogP contribution in [0.15, 0.2) is 142 Å². The molecular formula is C35H22N2O2. The van der Waals surface area contributed by atoms with E-state index in [1.165, 1.54) is 10.8 Å². The highest BCUT2D eigenvalue weighted by atomic mass is 16.4. The smallest absolute Gasteiger partial charge is 0.227 e. The van der Waals surface area contributed by atoms with Crippen molar-refractivity contribution >= 4 is 60.9 Å². The quantitative estimate of drug-likeness (QED) is 0.240. The average molecular weight is 503 g/mol. The molecule has 8 rings (SSSR count). The van der Waals surface area contributed by atoms with Crippen LogP contribution in [0.4, 0.5) is 17.1 Å². The Bertz CT molecular complexity index is 2130. The van der Waals surface area contributed by atoms with Gasteiger partial charge in [0, 0.05) is 28.4 Å². The minimum Gasteiger partial charge on any atom is -0.456 e. The van der Waals surface area contributed by atoms with E-state index in [9.17, 15) is 0 Å². The van der Waals surface area contributed by atoms with Crippen LogP contribution in [0.5, 0.6) is 0 Å². The van der Waals surface area contributed by atoms with Crippen molar-refractivity contribution in [2.24, 2.45) is 0 Å². The molecule has 0 fully saturated rings. The molecule has 4 heteroatoms. The van der Waals surface area contributed by atoms with Gasteiger partial charge in [-0.15, -0.1) is 0 Å². The molecule has 0 unspecified atom stereocenters. The fourth-order valence-corrected chi connectivity index (χ4v) is 5.44. The van der Waals surface area contributed by atoms with Crippen LogP contribution in [0, 0.1) is 0 Å². The molecule has 8 aromatic rings. The number of furan rings is 1. The number of rotatable bonds is 4. The highest BCUT2D eigenvalue weighted by Crippen LogP contribution is 2.44. The predicted molar refractivity (Wildman–Crippen MR) is 159 cm³/mol. The molecule has 0 amide bonds. The Kier molecular flexibility index (Phi) is 4.79. The monoisotopic (exact) mass is 502 g/mol. The van der Waals surface area contributed by atoms with Crippen LogP contribution in [0.25, 0.3) is 55.3 Å². The summed E-state index contributed by atoms with van der Waals surface area (Å²) >= 11 is 0. The molecule has 184 valence electrons. The number of nitrogens with zero attached hydrogens (tertiary/aromatic N) is 2. The Morgan fingerprint density at radius 3 is 2.13 bits per heavy atom. The number of aromatic nitrogens is 1. The van der Waals surface area contributed by atoms with E-state index in [0.717, 1.165) is 55.7 Å². The third-order valence-corrected chi connectivity index (χ3v) is 7.25. The summed E-state index contributed by atoms with van der Waals surface area (Å²) in [6.07, 6.45) is 0. The summed E-state index contributed by atoms with van der Waals surface area (Å²) in [6, 6.07) is 45.7. The molecule has 0 aliphatic carbocycles. The van der Waals surface area contributed by atoms with Gasteiger partial charge in [-0.2, -0.15) is 0 Å². The van der Waals surface area contributed by atoms with Crippen molar-refractivity contribution < 1.29 is 8.83 Å². The van der Waals surface area contributed by atoms with Gasteiger partial charge in [-0.25, -0.2) is 4.98 Å². The largest absolute Gasteiger partial charge is 0.456 e. The number of hydrogen-bond donors (Lipinski definition) is 0. The van der Waals surface area contributed by atoms with Crippen LogP contribution in [0.2, 0.25) is 0 Å². The first-order chi connectivity index (χ1) is 19.3. The van der Waals surface area contributed by atoms with Gasteiger partial charge >= 0.3 is 0 Å². The number of fused-ring (bicyclic) bond motifs is 5. The maximum absolute atomic E-state index is 6.40. The second-order valence-corrected chi connectivity index (χ2v) is 9.66. The summed E-state index contributed by atoms with van der Waals surface area (Å²) in [5.74, 6) is 0.602. The summed E-state index contributed by atoms with van der Waals surface area (Å²) in [6.45, 7) is 0. The van der Waals surface area contributed by atoms with Crippen molar-refractivity contribution in [3.63, 3.8) is 0 Å². The zero-order valence-corrected chi connectivity index (χ0v) is 20.9. The Morgan fingerprint density at radius 2 is 1.28 bits per heavy atom. The summed E-state index contributed by atoms with van der Waals surface area (Å²) in [4.78, 5) is 7.04. The number of para-hydroxylation sites is 1. The summed E-state index contributed by atoms with van der Waals surface area (Å²) in [7, 11) is 0. The van der Waals surface area contributed by atoms with Gasteiger partial charge in [0.15, 0.2) is 5.58 Å². The predicted octanol–water partition coefficient (Wildman–Crippen LogP) is 10.0. The van der Waals surface area contributed by atoms with Gasteiger partial charge in [0.25, 0.3) is 0 Å². The number of benzene rings is 6. The normalized spacial score (nSPS) is 11.6. The van der Waals surface area contributed by atoms with E-state index in [1.807, 2.05) is 54.6 Å². The van der Waals surface area contributed by atoms with E-state index >= 15 is 0 Å². The average Bonchev–Trinajstić information content (AvgIpc) is 3.58. The third kappa shape index (κ3) is 3.57. The first-order valence-electron chi connectivity index (χ1n) is 13.0. The van der Waals surface area contributed by atoms with E-state index in [0.29, 0.717) is 5.89 Å². The third-order valence-electron chi connectivity index (χ3n) is 7.25. The minimum absolute atomic E-state index is 0.602. The summed E-state index contributed by atoms with van der Waals surface area (Å²) in [5, 5.41) is 4.43. The molecule has 0 saturated heterocycles. The maximum atomic E-state index is 6.40. The molecule has 0 radical (unpaired) electrons. The van der Waals surface area contributed by atoms with Crippen LogP contribution in [-0.4, -0.2) is 4.98 Å². The highest BCUT2D eigenvalue weighted by Gasteiger charge is 2.21. The number of oxazole rings is 1. The molecule has 0 N–H and O–H groups in total. The second-order valence-electron chi connectivity index (χ2n) is 9.66. The lowest BCUT2D eigenvalue weighted by molar-refractivity contribution is 0.620. The van der Waals surface area contributed by atoms with Crippen molar-refractivity contribution in [2.75, 3.05) is 4.90 Å².